The second kappa shape index (κ2) is 6.45. The molecule has 4 rings (SSSR count). The molecule has 2 aliphatic rings. The first kappa shape index (κ1) is 17.7. The summed E-state index contributed by atoms with van der Waals surface area (Å²) < 4.78 is 36.0. The Morgan fingerprint density at radius 3 is 2.85 bits per heavy atom. The predicted octanol–water partition coefficient (Wildman–Crippen LogP) is 0.548. The van der Waals surface area contributed by atoms with E-state index in [4.69, 9.17) is 8.83 Å². The number of hydrogen-bond donors (Lipinski definition) is 1. The zero-order valence-electron chi connectivity index (χ0n) is 14.5. The molecular formula is C16H22N4O5S. The van der Waals surface area contributed by atoms with Crippen molar-refractivity contribution in [1.82, 2.24) is 19.4 Å². The molecule has 2 saturated heterocycles. The lowest BCUT2D eigenvalue weighted by Gasteiger charge is -2.49. The van der Waals surface area contributed by atoms with Gasteiger partial charge in [-0.25, -0.2) is 12.7 Å². The van der Waals surface area contributed by atoms with Gasteiger partial charge in [0.15, 0.2) is 5.76 Å². The molecule has 2 aromatic rings. The van der Waals surface area contributed by atoms with Crippen LogP contribution in [0.1, 0.15) is 18.7 Å². The molecule has 2 aromatic heterocycles. The van der Waals surface area contributed by atoms with Crippen LogP contribution < -0.4 is 0 Å². The van der Waals surface area contributed by atoms with E-state index in [1.807, 2.05) is 0 Å². The SMILES string of the molecule is CS(=O)(=O)N1CC[C@@]2(O)CCN(Cc3nnc(-c4ccco4)o3)C[C@H]2C1. The van der Waals surface area contributed by atoms with E-state index >= 15 is 0 Å². The van der Waals surface area contributed by atoms with E-state index < -0.39 is 15.6 Å². The number of hydrogen-bond acceptors (Lipinski definition) is 8. The molecule has 2 atom stereocenters. The summed E-state index contributed by atoms with van der Waals surface area (Å²) in [6, 6.07) is 3.50. The number of furan rings is 1. The maximum Gasteiger partial charge on any atom is 0.283 e. The number of aliphatic hydroxyl groups is 1. The summed E-state index contributed by atoms with van der Waals surface area (Å²) in [5, 5.41) is 18.9. The van der Waals surface area contributed by atoms with Gasteiger partial charge in [0.05, 0.1) is 24.7 Å². The lowest BCUT2D eigenvalue weighted by Crippen LogP contribution is -2.60. The van der Waals surface area contributed by atoms with Crippen molar-refractivity contribution in [2.45, 2.75) is 25.0 Å². The van der Waals surface area contributed by atoms with Crippen molar-refractivity contribution < 1.29 is 22.4 Å². The van der Waals surface area contributed by atoms with E-state index in [-0.39, 0.29) is 5.92 Å². The van der Waals surface area contributed by atoms with Crippen LogP contribution in [0.5, 0.6) is 0 Å². The molecular weight excluding hydrogens is 360 g/mol. The van der Waals surface area contributed by atoms with Crippen molar-refractivity contribution in [3.63, 3.8) is 0 Å². The van der Waals surface area contributed by atoms with Crippen LogP contribution in [0.2, 0.25) is 0 Å². The molecule has 0 unspecified atom stereocenters. The van der Waals surface area contributed by atoms with Crippen LogP contribution in [0.15, 0.2) is 27.2 Å². The maximum absolute atomic E-state index is 11.8. The summed E-state index contributed by atoms with van der Waals surface area (Å²) in [4.78, 5) is 2.12. The molecule has 0 spiro atoms. The number of nitrogens with zero attached hydrogens (tertiary/aromatic N) is 4. The van der Waals surface area contributed by atoms with E-state index in [1.54, 1.807) is 18.4 Å². The zero-order chi connectivity index (χ0) is 18.4. The summed E-state index contributed by atoms with van der Waals surface area (Å²) in [5.41, 5.74) is -0.800. The van der Waals surface area contributed by atoms with Gasteiger partial charge in [0.2, 0.25) is 15.9 Å². The molecule has 0 amide bonds. The fraction of sp³-hybridized carbons (Fsp3) is 0.625. The molecule has 2 aliphatic heterocycles. The topological polar surface area (TPSA) is 113 Å². The molecule has 0 bridgehead atoms. The third-order valence-corrected chi connectivity index (χ3v) is 6.61. The average Bonchev–Trinajstić information content (AvgIpc) is 3.25. The second-order valence-corrected chi connectivity index (χ2v) is 9.12. The van der Waals surface area contributed by atoms with Gasteiger partial charge in [0, 0.05) is 32.1 Å². The molecule has 2 fully saturated rings. The second-order valence-electron chi connectivity index (χ2n) is 7.13. The highest BCUT2D eigenvalue weighted by Crippen LogP contribution is 2.36. The average molecular weight is 382 g/mol. The third-order valence-electron chi connectivity index (χ3n) is 5.34. The monoisotopic (exact) mass is 382 g/mol. The van der Waals surface area contributed by atoms with Crippen molar-refractivity contribution in [2.24, 2.45) is 5.92 Å². The summed E-state index contributed by atoms with van der Waals surface area (Å²) in [5.74, 6) is 1.19. The van der Waals surface area contributed by atoms with Crippen LogP contribution in [0, 0.1) is 5.92 Å². The van der Waals surface area contributed by atoms with Gasteiger partial charge in [-0.1, -0.05) is 0 Å². The highest BCUT2D eigenvalue weighted by Gasteiger charge is 2.46. The normalized spacial score (nSPS) is 28.2. The molecule has 10 heteroatoms. The Balaban J connectivity index is 1.43. The van der Waals surface area contributed by atoms with E-state index in [9.17, 15) is 13.5 Å². The van der Waals surface area contributed by atoms with Gasteiger partial charge in [0.1, 0.15) is 0 Å². The van der Waals surface area contributed by atoms with Gasteiger partial charge in [-0.2, -0.15) is 0 Å². The van der Waals surface area contributed by atoms with Crippen LogP contribution in [-0.2, 0) is 16.6 Å². The molecule has 0 aromatic carbocycles. The van der Waals surface area contributed by atoms with Crippen LogP contribution in [0.4, 0.5) is 0 Å². The molecule has 0 radical (unpaired) electrons. The quantitative estimate of drug-likeness (QED) is 0.816. The standard InChI is InChI=1S/C16H22N4O5S/c1-26(22,23)20-7-5-16(21)4-6-19(9-12(16)10-20)11-14-17-18-15(25-14)13-3-2-8-24-13/h2-3,8,12,21H,4-7,9-11H2,1H3/t12-,16-/m0/s1. The predicted molar refractivity (Wildman–Crippen MR) is 91.4 cm³/mol. The van der Waals surface area contributed by atoms with Gasteiger partial charge >= 0.3 is 0 Å². The van der Waals surface area contributed by atoms with Crippen molar-refractivity contribution in [1.29, 1.82) is 0 Å². The van der Waals surface area contributed by atoms with Crippen LogP contribution in [0.3, 0.4) is 0 Å². The molecule has 0 aliphatic carbocycles. The Hall–Kier alpha value is -1.75. The molecule has 4 heterocycles. The minimum absolute atomic E-state index is 0.132. The largest absolute Gasteiger partial charge is 0.459 e. The number of sulfonamides is 1. The lowest BCUT2D eigenvalue weighted by atomic mass is 9.76. The number of rotatable bonds is 4. The molecule has 0 saturated carbocycles. The Morgan fingerprint density at radius 2 is 2.12 bits per heavy atom. The first-order chi connectivity index (χ1) is 12.3. The van der Waals surface area contributed by atoms with E-state index in [1.165, 1.54) is 10.6 Å². The Labute approximate surface area is 151 Å². The number of piperidine rings is 2. The minimum Gasteiger partial charge on any atom is -0.459 e. The third kappa shape index (κ3) is 3.41. The number of likely N-dealkylation sites (tertiary alicyclic amines) is 1. The minimum atomic E-state index is -3.25. The number of aromatic nitrogens is 2. The number of fused-ring (bicyclic) bond motifs is 1. The molecule has 9 nitrogen and oxygen atoms in total. The Kier molecular flexibility index (Phi) is 4.38. The molecule has 26 heavy (non-hydrogen) atoms. The zero-order valence-corrected chi connectivity index (χ0v) is 15.4. The summed E-state index contributed by atoms with van der Waals surface area (Å²) in [6.07, 6.45) is 3.84. The fourth-order valence-corrected chi connectivity index (χ4v) is 4.67. The van der Waals surface area contributed by atoms with E-state index in [0.717, 1.165) is 0 Å². The first-order valence-electron chi connectivity index (χ1n) is 8.60. The van der Waals surface area contributed by atoms with Gasteiger partial charge in [-0.15, -0.1) is 10.2 Å². The van der Waals surface area contributed by atoms with Gasteiger partial charge in [-0.3, -0.25) is 4.90 Å². The summed E-state index contributed by atoms with van der Waals surface area (Å²) >= 11 is 0. The van der Waals surface area contributed by atoms with Gasteiger partial charge < -0.3 is 13.9 Å². The molecule has 142 valence electrons. The Bertz CT molecular complexity index is 865. The highest BCUT2D eigenvalue weighted by atomic mass is 32.2. The fourth-order valence-electron chi connectivity index (χ4n) is 3.79. The molecule has 1 N–H and O–H groups in total. The lowest BCUT2D eigenvalue weighted by molar-refractivity contribution is -0.103. The van der Waals surface area contributed by atoms with E-state index in [2.05, 4.69) is 15.1 Å². The van der Waals surface area contributed by atoms with Crippen molar-refractivity contribution >= 4 is 10.0 Å². The van der Waals surface area contributed by atoms with Crippen molar-refractivity contribution in [2.75, 3.05) is 32.4 Å². The maximum atomic E-state index is 11.8. The van der Waals surface area contributed by atoms with Crippen LogP contribution >= 0.6 is 0 Å². The Morgan fingerprint density at radius 1 is 1.31 bits per heavy atom. The van der Waals surface area contributed by atoms with Crippen molar-refractivity contribution in [3.05, 3.63) is 24.3 Å². The van der Waals surface area contributed by atoms with Crippen molar-refractivity contribution in [3.8, 4) is 11.7 Å². The smallest absolute Gasteiger partial charge is 0.283 e. The van der Waals surface area contributed by atoms with Gasteiger partial charge in [0.25, 0.3) is 5.89 Å². The summed E-state index contributed by atoms with van der Waals surface area (Å²) in [6.45, 7) is 2.46. The summed E-state index contributed by atoms with van der Waals surface area (Å²) in [7, 11) is -3.25. The first-order valence-corrected chi connectivity index (χ1v) is 10.4. The highest BCUT2D eigenvalue weighted by molar-refractivity contribution is 7.88. The van der Waals surface area contributed by atoms with E-state index in [0.29, 0.717) is 63.1 Å². The van der Waals surface area contributed by atoms with Crippen LogP contribution in [0.25, 0.3) is 11.7 Å². The van der Waals surface area contributed by atoms with Gasteiger partial charge in [-0.05, 0) is 25.0 Å². The van der Waals surface area contributed by atoms with Crippen LogP contribution in [-0.4, -0.2) is 71.0 Å².